The van der Waals surface area contributed by atoms with Crippen molar-refractivity contribution in [1.29, 1.82) is 0 Å². The molecule has 0 aliphatic carbocycles. The Morgan fingerprint density at radius 2 is 0.682 bits per heavy atom. The van der Waals surface area contributed by atoms with Crippen LogP contribution in [0.25, 0.3) is 0 Å². The van der Waals surface area contributed by atoms with Gasteiger partial charge < -0.3 is 9.13 Å². The maximum Gasteiger partial charge on any atom is 0.0887 e. The smallest absolute Gasteiger partial charge is 0.0887 e. The summed E-state index contributed by atoms with van der Waals surface area (Å²) in [5, 5.41) is 0. The summed E-state index contributed by atoms with van der Waals surface area (Å²) < 4.78 is 26.7. The van der Waals surface area contributed by atoms with Gasteiger partial charge in [-0.05, 0) is 23.7 Å². The van der Waals surface area contributed by atoms with Gasteiger partial charge in [-0.1, -0.05) is 55.4 Å². The molecule has 0 aromatic carbocycles. The first kappa shape index (κ1) is 22.5. The zero-order valence-corrected chi connectivity index (χ0v) is 18.1. The van der Waals surface area contributed by atoms with Gasteiger partial charge in [0.1, 0.15) is 0 Å². The SMILES string of the molecule is CC(C)CP(=O)(CCP(=O)(CC(C)C)CC(C)C)CC(C)C. The molecule has 134 valence electrons. The summed E-state index contributed by atoms with van der Waals surface area (Å²) in [7, 11) is -4.37. The third-order valence-corrected chi connectivity index (χ3v) is 11.7. The molecule has 0 saturated heterocycles. The van der Waals surface area contributed by atoms with E-state index in [9.17, 15) is 9.13 Å². The van der Waals surface area contributed by atoms with Crippen molar-refractivity contribution in [3.05, 3.63) is 0 Å². The van der Waals surface area contributed by atoms with Crippen LogP contribution < -0.4 is 0 Å². The van der Waals surface area contributed by atoms with Gasteiger partial charge in [0.15, 0.2) is 0 Å². The largest absolute Gasteiger partial charge is 0.324 e. The fourth-order valence-electron chi connectivity index (χ4n) is 3.54. The molecule has 2 nitrogen and oxygen atoms in total. The molecule has 0 N–H and O–H groups in total. The normalized spacial score (nSPS) is 13.8. The Hall–Kier alpha value is 0.460. The van der Waals surface area contributed by atoms with E-state index in [1.165, 1.54) is 0 Å². The van der Waals surface area contributed by atoms with Gasteiger partial charge >= 0.3 is 0 Å². The molecule has 0 spiro atoms. The Bertz CT molecular complexity index is 332. The molecule has 0 amide bonds. The second-order valence-corrected chi connectivity index (χ2v) is 15.5. The molecule has 0 atom stereocenters. The van der Waals surface area contributed by atoms with Crippen molar-refractivity contribution in [3.63, 3.8) is 0 Å². The fourth-order valence-corrected chi connectivity index (χ4v) is 12.8. The first-order valence-corrected chi connectivity index (χ1v) is 13.5. The van der Waals surface area contributed by atoms with Crippen molar-refractivity contribution in [1.82, 2.24) is 0 Å². The quantitative estimate of drug-likeness (QED) is 0.408. The zero-order chi connectivity index (χ0) is 17.6. The molecule has 0 aliphatic heterocycles. The third-order valence-electron chi connectivity index (χ3n) is 3.71. The maximum atomic E-state index is 13.3. The van der Waals surface area contributed by atoms with Crippen LogP contribution in [0.4, 0.5) is 0 Å². The van der Waals surface area contributed by atoms with Gasteiger partial charge in [-0.2, -0.15) is 0 Å². The molecular formula is C18H40O2P2. The second kappa shape index (κ2) is 9.68. The molecule has 4 heteroatoms. The van der Waals surface area contributed by atoms with Crippen LogP contribution in [0.1, 0.15) is 55.4 Å². The summed E-state index contributed by atoms with van der Waals surface area (Å²) in [6.07, 6.45) is 4.65. The molecule has 0 fully saturated rings. The molecule has 0 aliphatic rings. The minimum Gasteiger partial charge on any atom is -0.324 e. The topological polar surface area (TPSA) is 34.1 Å². The molecule has 0 saturated carbocycles. The van der Waals surface area contributed by atoms with Crippen LogP contribution in [0.5, 0.6) is 0 Å². The van der Waals surface area contributed by atoms with Crippen molar-refractivity contribution >= 4 is 14.3 Å². The average molecular weight is 350 g/mol. The Balaban J connectivity index is 5.02. The summed E-state index contributed by atoms with van der Waals surface area (Å²) in [6.45, 7) is 17.2. The molecule has 22 heavy (non-hydrogen) atoms. The predicted molar refractivity (Wildman–Crippen MR) is 104 cm³/mol. The number of rotatable bonds is 11. The second-order valence-electron chi connectivity index (χ2n) is 8.87. The monoisotopic (exact) mass is 350 g/mol. The van der Waals surface area contributed by atoms with Gasteiger partial charge in [-0.3, -0.25) is 0 Å². The van der Waals surface area contributed by atoms with E-state index in [0.717, 1.165) is 24.6 Å². The van der Waals surface area contributed by atoms with Gasteiger partial charge in [0.25, 0.3) is 0 Å². The lowest BCUT2D eigenvalue weighted by Crippen LogP contribution is -2.15. The molecule has 0 aromatic rings. The van der Waals surface area contributed by atoms with Gasteiger partial charge in [0, 0.05) is 37.0 Å². The highest BCUT2D eigenvalue weighted by Crippen LogP contribution is 2.56. The van der Waals surface area contributed by atoms with E-state index in [0.29, 0.717) is 36.0 Å². The first-order valence-electron chi connectivity index (χ1n) is 9.01. The summed E-state index contributed by atoms with van der Waals surface area (Å²) >= 11 is 0. The average Bonchev–Trinajstić information content (AvgIpc) is 2.21. The van der Waals surface area contributed by atoms with Crippen LogP contribution in [0.2, 0.25) is 0 Å². The van der Waals surface area contributed by atoms with Crippen molar-refractivity contribution in [3.8, 4) is 0 Å². The molecule has 0 aromatic heterocycles. The van der Waals surface area contributed by atoms with Gasteiger partial charge in [-0.15, -0.1) is 0 Å². The molecule has 0 unspecified atom stereocenters. The third kappa shape index (κ3) is 10.3. The molecule has 0 heterocycles. The lowest BCUT2D eigenvalue weighted by molar-refractivity contribution is 0.548. The Kier molecular flexibility index (Phi) is 9.88. The Morgan fingerprint density at radius 1 is 0.500 bits per heavy atom. The lowest BCUT2D eigenvalue weighted by atomic mass is 10.3. The predicted octanol–water partition coefficient (Wildman–Crippen LogP) is 6.34. The first-order chi connectivity index (χ1) is 9.87. The van der Waals surface area contributed by atoms with E-state index >= 15 is 0 Å². The van der Waals surface area contributed by atoms with E-state index in [4.69, 9.17) is 0 Å². The van der Waals surface area contributed by atoms with Crippen molar-refractivity contribution < 1.29 is 9.13 Å². The van der Waals surface area contributed by atoms with Crippen LogP contribution >= 0.6 is 14.3 Å². The molecule has 0 radical (unpaired) electrons. The van der Waals surface area contributed by atoms with Gasteiger partial charge in [0.05, 0.1) is 14.3 Å². The van der Waals surface area contributed by atoms with E-state index < -0.39 is 14.3 Å². The van der Waals surface area contributed by atoms with Gasteiger partial charge in [0.2, 0.25) is 0 Å². The van der Waals surface area contributed by atoms with Crippen LogP contribution in [-0.2, 0) is 9.13 Å². The zero-order valence-electron chi connectivity index (χ0n) is 16.3. The molecular weight excluding hydrogens is 310 g/mol. The summed E-state index contributed by atoms with van der Waals surface area (Å²) in [4.78, 5) is 0. The highest BCUT2D eigenvalue weighted by molar-refractivity contribution is 7.68. The van der Waals surface area contributed by atoms with E-state index in [1.54, 1.807) is 0 Å². The van der Waals surface area contributed by atoms with Crippen LogP contribution in [-0.4, -0.2) is 37.0 Å². The standard InChI is InChI=1S/C18H40O2P2/c1-15(2)11-21(19,12-16(3)4)9-10-22(20,13-17(5)6)14-18(7)8/h15-18H,9-14H2,1-8H3. The highest BCUT2D eigenvalue weighted by Gasteiger charge is 2.31. The minimum absolute atomic E-state index is 0.458. The Labute approximate surface area is 140 Å². The van der Waals surface area contributed by atoms with Crippen LogP contribution in [0, 0.1) is 23.7 Å². The van der Waals surface area contributed by atoms with Crippen molar-refractivity contribution in [2.45, 2.75) is 55.4 Å². The lowest BCUT2D eigenvalue weighted by Gasteiger charge is -2.27. The summed E-state index contributed by atoms with van der Waals surface area (Å²) in [5.41, 5.74) is 0. The number of hydrogen-bond donors (Lipinski definition) is 0. The fraction of sp³-hybridized carbons (Fsp3) is 1.00. The van der Waals surface area contributed by atoms with E-state index in [2.05, 4.69) is 55.4 Å². The summed E-state index contributed by atoms with van der Waals surface area (Å²) in [6, 6.07) is 0. The van der Waals surface area contributed by atoms with Crippen molar-refractivity contribution in [2.24, 2.45) is 23.7 Å². The number of hydrogen-bond acceptors (Lipinski definition) is 2. The molecule has 0 bridgehead atoms. The van der Waals surface area contributed by atoms with Crippen molar-refractivity contribution in [2.75, 3.05) is 37.0 Å². The van der Waals surface area contributed by atoms with E-state index in [1.807, 2.05) is 0 Å². The van der Waals surface area contributed by atoms with Gasteiger partial charge in [-0.25, -0.2) is 0 Å². The van der Waals surface area contributed by atoms with E-state index in [-0.39, 0.29) is 0 Å². The molecule has 0 rings (SSSR count). The van der Waals surface area contributed by atoms with Crippen LogP contribution in [0.15, 0.2) is 0 Å². The summed E-state index contributed by atoms with van der Waals surface area (Å²) in [5.74, 6) is 1.83. The minimum atomic E-state index is -2.19. The maximum absolute atomic E-state index is 13.3. The van der Waals surface area contributed by atoms with Crippen LogP contribution in [0.3, 0.4) is 0 Å². The Morgan fingerprint density at radius 3 is 0.818 bits per heavy atom. The highest BCUT2D eigenvalue weighted by atomic mass is 31.2.